The third-order valence-corrected chi connectivity index (χ3v) is 4.14. The summed E-state index contributed by atoms with van der Waals surface area (Å²) < 4.78 is 12.2. The van der Waals surface area contributed by atoms with Crippen molar-refractivity contribution in [1.82, 2.24) is 0 Å². The van der Waals surface area contributed by atoms with Crippen LogP contribution in [0.3, 0.4) is 0 Å². The molecule has 21 heavy (non-hydrogen) atoms. The van der Waals surface area contributed by atoms with Gasteiger partial charge in [-0.25, -0.2) is 0 Å². The van der Waals surface area contributed by atoms with Crippen molar-refractivity contribution in [2.45, 2.75) is 12.8 Å². The lowest BCUT2D eigenvalue weighted by molar-refractivity contribution is 0.289. The molecule has 0 aliphatic rings. The van der Waals surface area contributed by atoms with E-state index in [1.807, 2.05) is 42.5 Å². The van der Waals surface area contributed by atoms with E-state index >= 15 is 0 Å². The fourth-order valence-electron chi connectivity index (χ4n) is 2.02. The Bertz CT molecular complexity index is 649. The van der Waals surface area contributed by atoms with E-state index in [1.165, 1.54) is 9.13 Å². The van der Waals surface area contributed by atoms with Crippen LogP contribution in [0, 0.1) is 14.9 Å². The SMILES string of the molecule is COc1ccccc1OCCCc1cc(C#N)ccc1I. The first-order valence-electron chi connectivity index (χ1n) is 6.69. The summed E-state index contributed by atoms with van der Waals surface area (Å²) in [5, 5.41) is 8.94. The molecule has 0 radical (unpaired) electrons. The molecule has 0 bridgehead atoms. The number of nitriles is 1. The fraction of sp³-hybridized carbons (Fsp3) is 0.235. The van der Waals surface area contributed by atoms with Crippen molar-refractivity contribution in [1.29, 1.82) is 5.26 Å². The van der Waals surface area contributed by atoms with E-state index in [2.05, 4.69) is 28.7 Å². The minimum atomic E-state index is 0.618. The Morgan fingerprint density at radius 1 is 1.14 bits per heavy atom. The van der Waals surface area contributed by atoms with Gasteiger partial charge in [0, 0.05) is 3.57 Å². The zero-order valence-corrected chi connectivity index (χ0v) is 14.0. The zero-order chi connectivity index (χ0) is 15.1. The van der Waals surface area contributed by atoms with E-state index in [0.717, 1.165) is 24.3 Å². The van der Waals surface area contributed by atoms with Crippen LogP contribution in [0.4, 0.5) is 0 Å². The van der Waals surface area contributed by atoms with Crippen LogP contribution in [-0.4, -0.2) is 13.7 Å². The van der Waals surface area contributed by atoms with Crippen LogP contribution < -0.4 is 9.47 Å². The monoisotopic (exact) mass is 393 g/mol. The molecule has 0 fully saturated rings. The van der Waals surface area contributed by atoms with Crippen LogP contribution in [0.2, 0.25) is 0 Å². The average molecular weight is 393 g/mol. The molecule has 0 unspecified atom stereocenters. The summed E-state index contributed by atoms with van der Waals surface area (Å²) >= 11 is 2.30. The number of para-hydroxylation sites is 2. The van der Waals surface area contributed by atoms with Crippen molar-refractivity contribution >= 4 is 22.6 Å². The highest BCUT2D eigenvalue weighted by molar-refractivity contribution is 14.1. The first-order chi connectivity index (χ1) is 10.2. The summed E-state index contributed by atoms with van der Waals surface area (Å²) in [6.45, 7) is 0.618. The van der Waals surface area contributed by atoms with Gasteiger partial charge in [0.15, 0.2) is 11.5 Å². The molecule has 0 amide bonds. The Morgan fingerprint density at radius 2 is 1.90 bits per heavy atom. The molecular formula is C17H16INO2. The number of benzene rings is 2. The number of ether oxygens (including phenoxy) is 2. The molecule has 3 nitrogen and oxygen atoms in total. The van der Waals surface area contributed by atoms with Crippen LogP contribution in [-0.2, 0) is 6.42 Å². The molecule has 0 heterocycles. The van der Waals surface area contributed by atoms with Gasteiger partial charge in [-0.05, 0) is 71.3 Å². The Morgan fingerprint density at radius 3 is 2.62 bits per heavy atom. The van der Waals surface area contributed by atoms with Crippen LogP contribution in [0.25, 0.3) is 0 Å². The Labute approximate surface area is 138 Å². The molecule has 0 N–H and O–H groups in total. The summed E-state index contributed by atoms with van der Waals surface area (Å²) in [6, 6.07) is 15.6. The minimum absolute atomic E-state index is 0.618. The van der Waals surface area contributed by atoms with Gasteiger partial charge in [0.05, 0.1) is 25.3 Å². The van der Waals surface area contributed by atoms with E-state index in [0.29, 0.717) is 12.2 Å². The first-order valence-corrected chi connectivity index (χ1v) is 7.77. The average Bonchev–Trinajstić information content (AvgIpc) is 2.53. The standard InChI is InChI=1S/C17H16INO2/c1-20-16-6-2-3-7-17(16)21-10-4-5-14-11-13(12-19)8-9-15(14)18/h2-3,6-9,11H,4-5,10H2,1H3. The molecule has 0 aliphatic carbocycles. The third kappa shape index (κ3) is 4.36. The zero-order valence-electron chi connectivity index (χ0n) is 11.8. The van der Waals surface area contributed by atoms with Crippen molar-refractivity contribution < 1.29 is 9.47 Å². The Balaban J connectivity index is 1.89. The number of rotatable bonds is 6. The Kier molecular flexibility index (Phi) is 5.88. The summed E-state index contributed by atoms with van der Waals surface area (Å²) in [5.41, 5.74) is 1.90. The second-order valence-corrected chi connectivity index (χ2v) is 5.68. The molecule has 0 aliphatic heterocycles. The normalized spacial score (nSPS) is 9.95. The minimum Gasteiger partial charge on any atom is -0.493 e. The molecule has 0 saturated heterocycles. The predicted molar refractivity (Wildman–Crippen MR) is 90.7 cm³/mol. The lowest BCUT2D eigenvalue weighted by atomic mass is 10.1. The van der Waals surface area contributed by atoms with Gasteiger partial charge < -0.3 is 9.47 Å². The molecule has 2 aromatic carbocycles. The molecule has 0 spiro atoms. The lowest BCUT2D eigenvalue weighted by Crippen LogP contribution is -2.02. The summed E-state index contributed by atoms with van der Waals surface area (Å²) in [4.78, 5) is 0. The molecule has 4 heteroatoms. The topological polar surface area (TPSA) is 42.2 Å². The van der Waals surface area contributed by atoms with Gasteiger partial charge in [0.1, 0.15) is 0 Å². The van der Waals surface area contributed by atoms with E-state index in [9.17, 15) is 0 Å². The van der Waals surface area contributed by atoms with E-state index in [-0.39, 0.29) is 0 Å². The largest absolute Gasteiger partial charge is 0.493 e. The lowest BCUT2D eigenvalue weighted by Gasteiger charge is -2.10. The molecule has 0 atom stereocenters. The van der Waals surface area contributed by atoms with Gasteiger partial charge in [-0.2, -0.15) is 5.26 Å². The van der Waals surface area contributed by atoms with E-state index in [1.54, 1.807) is 7.11 Å². The highest BCUT2D eigenvalue weighted by Gasteiger charge is 2.04. The van der Waals surface area contributed by atoms with Gasteiger partial charge >= 0.3 is 0 Å². The van der Waals surface area contributed by atoms with Crippen LogP contribution in [0.5, 0.6) is 11.5 Å². The molecular weight excluding hydrogens is 377 g/mol. The van der Waals surface area contributed by atoms with Gasteiger partial charge in [-0.15, -0.1) is 0 Å². The smallest absolute Gasteiger partial charge is 0.161 e. The predicted octanol–water partition coefficient (Wildman–Crippen LogP) is 4.18. The van der Waals surface area contributed by atoms with Gasteiger partial charge in [-0.3, -0.25) is 0 Å². The number of halogens is 1. The summed E-state index contributed by atoms with van der Waals surface area (Å²) in [5.74, 6) is 1.51. The maximum absolute atomic E-state index is 8.94. The van der Waals surface area contributed by atoms with Crippen molar-refractivity contribution in [3.8, 4) is 17.6 Å². The molecule has 2 rings (SSSR count). The van der Waals surface area contributed by atoms with Crippen molar-refractivity contribution in [3.05, 3.63) is 57.2 Å². The number of methoxy groups -OCH3 is 1. The highest BCUT2D eigenvalue weighted by Crippen LogP contribution is 2.26. The van der Waals surface area contributed by atoms with Gasteiger partial charge in [0.25, 0.3) is 0 Å². The molecule has 108 valence electrons. The van der Waals surface area contributed by atoms with E-state index in [4.69, 9.17) is 14.7 Å². The van der Waals surface area contributed by atoms with Crippen LogP contribution in [0.1, 0.15) is 17.5 Å². The molecule has 0 aromatic heterocycles. The third-order valence-electron chi connectivity index (χ3n) is 3.09. The van der Waals surface area contributed by atoms with Crippen molar-refractivity contribution in [3.63, 3.8) is 0 Å². The summed E-state index contributed by atoms with van der Waals surface area (Å²) in [7, 11) is 1.64. The Hall–Kier alpha value is -1.74. The van der Waals surface area contributed by atoms with Gasteiger partial charge in [0.2, 0.25) is 0 Å². The molecule has 0 saturated carbocycles. The molecule has 2 aromatic rings. The number of hydrogen-bond donors (Lipinski definition) is 0. The number of hydrogen-bond acceptors (Lipinski definition) is 3. The second kappa shape index (κ2) is 7.89. The fourth-order valence-corrected chi connectivity index (χ4v) is 2.62. The van der Waals surface area contributed by atoms with Crippen molar-refractivity contribution in [2.75, 3.05) is 13.7 Å². The first kappa shape index (κ1) is 15.6. The highest BCUT2D eigenvalue weighted by atomic mass is 127. The quantitative estimate of drug-likeness (QED) is 0.546. The van der Waals surface area contributed by atoms with Crippen molar-refractivity contribution in [2.24, 2.45) is 0 Å². The number of nitrogens with zero attached hydrogens (tertiary/aromatic N) is 1. The van der Waals surface area contributed by atoms with Gasteiger partial charge in [-0.1, -0.05) is 12.1 Å². The maximum Gasteiger partial charge on any atom is 0.161 e. The van der Waals surface area contributed by atoms with E-state index < -0.39 is 0 Å². The van der Waals surface area contributed by atoms with Crippen LogP contribution in [0.15, 0.2) is 42.5 Å². The van der Waals surface area contributed by atoms with Crippen LogP contribution >= 0.6 is 22.6 Å². The maximum atomic E-state index is 8.94. The summed E-state index contributed by atoms with van der Waals surface area (Å²) in [6.07, 6.45) is 1.78. The second-order valence-electron chi connectivity index (χ2n) is 4.52. The number of aryl methyl sites for hydroxylation is 1.